The molecule has 4 rings (SSSR count). The summed E-state index contributed by atoms with van der Waals surface area (Å²) in [6, 6.07) is 13.2. The molecule has 0 amide bonds. The lowest BCUT2D eigenvalue weighted by molar-refractivity contribution is 0.524. The van der Waals surface area contributed by atoms with E-state index in [1.165, 1.54) is 37.3 Å². The van der Waals surface area contributed by atoms with Crippen LogP contribution in [0.1, 0.15) is 31.2 Å². The highest BCUT2D eigenvalue weighted by Crippen LogP contribution is 2.27. The fraction of sp³-hybridized carbons (Fsp3) is 0.316. The largest absolute Gasteiger partial charge is 0.436 e. The Labute approximate surface area is 134 Å². The van der Waals surface area contributed by atoms with E-state index in [1.54, 1.807) is 18.2 Å². The zero-order valence-electron chi connectivity index (χ0n) is 12.9. The molecule has 3 aromatic rings. The molecule has 1 aliphatic rings. The van der Waals surface area contributed by atoms with Crippen LogP contribution in [0, 0.1) is 5.82 Å². The van der Waals surface area contributed by atoms with Gasteiger partial charge in [0, 0.05) is 12.6 Å². The molecule has 1 N–H and O–H groups in total. The molecule has 2 aromatic carbocycles. The van der Waals surface area contributed by atoms with Crippen LogP contribution >= 0.6 is 0 Å². The molecule has 0 radical (unpaired) electrons. The molecule has 1 fully saturated rings. The minimum atomic E-state index is -0.317. The molecule has 1 aromatic heterocycles. The van der Waals surface area contributed by atoms with Crippen molar-refractivity contribution in [1.82, 2.24) is 10.3 Å². The van der Waals surface area contributed by atoms with Gasteiger partial charge in [0.1, 0.15) is 11.3 Å². The summed E-state index contributed by atoms with van der Waals surface area (Å²) < 4.78 is 19.6. The number of benzene rings is 2. The number of hydrogen-bond donors (Lipinski definition) is 1. The van der Waals surface area contributed by atoms with Crippen LogP contribution in [0.2, 0.25) is 0 Å². The van der Waals surface area contributed by atoms with Crippen molar-refractivity contribution in [3.8, 4) is 11.5 Å². The van der Waals surface area contributed by atoms with E-state index in [2.05, 4.69) is 10.3 Å². The van der Waals surface area contributed by atoms with Crippen molar-refractivity contribution in [3.05, 3.63) is 53.8 Å². The Morgan fingerprint density at radius 3 is 2.78 bits per heavy atom. The maximum Gasteiger partial charge on any atom is 0.230 e. The van der Waals surface area contributed by atoms with E-state index in [9.17, 15) is 4.39 Å². The zero-order valence-corrected chi connectivity index (χ0v) is 12.9. The van der Waals surface area contributed by atoms with Gasteiger partial charge < -0.3 is 9.73 Å². The van der Waals surface area contributed by atoms with E-state index in [-0.39, 0.29) is 5.82 Å². The lowest BCUT2D eigenvalue weighted by Gasteiger charge is -2.11. The van der Waals surface area contributed by atoms with Gasteiger partial charge in [0.25, 0.3) is 0 Å². The minimum Gasteiger partial charge on any atom is -0.436 e. The third-order valence-electron chi connectivity index (χ3n) is 4.51. The Hall–Kier alpha value is -2.20. The molecule has 4 heteroatoms. The van der Waals surface area contributed by atoms with Crippen LogP contribution < -0.4 is 5.32 Å². The summed E-state index contributed by atoms with van der Waals surface area (Å²) in [5.74, 6) is 0.0150. The van der Waals surface area contributed by atoms with Gasteiger partial charge in [-0.15, -0.1) is 0 Å². The molecule has 3 nitrogen and oxygen atoms in total. The van der Waals surface area contributed by atoms with Crippen LogP contribution in [0.25, 0.3) is 22.6 Å². The Morgan fingerprint density at radius 1 is 1.13 bits per heavy atom. The Balaban J connectivity index is 1.58. The first-order valence-electron chi connectivity index (χ1n) is 8.17. The highest BCUT2D eigenvalue weighted by atomic mass is 19.1. The van der Waals surface area contributed by atoms with Gasteiger partial charge in [0.05, 0.1) is 5.56 Å². The van der Waals surface area contributed by atoms with Crippen LogP contribution in [0.3, 0.4) is 0 Å². The van der Waals surface area contributed by atoms with Crippen molar-refractivity contribution >= 4 is 11.1 Å². The molecule has 118 valence electrons. The lowest BCUT2D eigenvalue weighted by Crippen LogP contribution is -2.25. The Bertz CT molecular complexity index is 821. The predicted octanol–water partition coefficient (Wildman–Crippen LogP) is 4.67. The third-order valence-corrected chi connectivity index (χ3v) is 4.51. The number of fused-ring (bicyclic) bond motifs is 1. The van der Waals surface area contributed by atoms with Gasteiger partial charge in [-0.05, 0) is 42.7 Å². The molecule has 0 unspecified atom stereocenters. The van der Waals surface area contributed by atoms with Gasteiger partial charge in [0.15, 0.2) is 5.58 Å². The zero-order chi connectivity index (χ0) is 15.6. The fourth-order valence-corrected chi connectivity index (χ4v) is 3.22. The summed E-state index contributed by atoms with van der Waals surface area (Å²) >= 11 is 0. The quantitative estimate of drug-likeness (QED) is 0.761. The van der Waals surface area contributed by atoms with Gasteiger partial charge in [0.2, 0.25) is 5.89 Å². The molecular formula is C19H19FN2O. The normalized spacial score (nSPS) is 15.5. The molecule has 0 bridgehead atoms. The van der Waals surface area contributed by atoms with Crippen LogP contribution in [0.15, 0.2) is 46.9 Å². The van der Waals surface area contributed by atoms with Crippen LogP contribution in [-0.2, 0) is 6.54 Å². The summed E-state index contributed by atoms with van der Waals surface area (Å²) in [6.45, 7) is 0.836. The number of hydrogen-bond acceptors (Lipinski definition) is 3. The Morgan fingerprint density at radius 2 is 1.96 bits per heavy atom. The molecular weight excluding hydrogens is 291 g/mol. The lowest BCUT2D eigenvalue weighted by atomic mass is 10.2. The molecule has 1 saturated carbocycles. The first-order valence-corrected chi connectivity index (χ1v) is 8.17. The van der Waals surface area contributed by atoms with Gasteiger partial charge in [-0.2, -0.15) is 0 Å². The number of nitrogens with zero attached hydrogens (tertiary/aromatic N) is 1. The van der Waals surface area contributed by atoms with E-state index >= 15 is 0 Å². The molecule has 23 heavy (non-hydrogen) atoms. The number of rotatable bonds is 4. The van der Waals surface area contributed by atoms with Crippen LogP contribution in [-0.4, -0.2) is 11.0 Å². The average molecular weight is 310 g/mol. The summed E-state index contributed by atoms with van der Waals surface area (Å²) in [5.41, 5.74) is 3.04. The fourth-order valence-electron chi connectivity index (χ4n) is 3.22. The molecule has 0 atom stereocenters. The second kappa shape index (κ2) is 6.13. The topological polar surface area (TPSA) is 38.1 Å². The first-order chi connectivity index (χ1) is 11.3. The van der Waals surface area contributed by atoms with E-state index in [0.717, 1.165) is 12.1 Å². The molecule has 0 saturated heterocycles. The molecule has 0 aliphatic heterocycles. The maximum absolute atomic E-state index is 13.9. The first kappa shape index (κ1) is 14.4. The van der Waals surface area contributed by atoms with Gasteiger partial charge in [-0.3, -0.25) is 0 Å². The second-order valence-corrected chi connectivity index (χ2v) is 6.16. The third kappa shape index (κ3) is 2.99. The summed E-state index contributed by atoms with van der Waals surface area (Å²) in [4.78, 5) is 4.45. The smallest absolute Gasteiger partial charge is 0.230 e. The Kier molecular flexibility index (Phi) is 3.83. The van der Waals surface area contributed by atoms with E-state index in [4.69, 9.17) is 4.42 Å². The molecule has 0 spiro atoms. The van der Waals surface area contributed by atoms with Crippen LogP contribution in [0.4, 0.5) is 4.39 Å². The van der Waals surface area contributed by atoms with Gasteiger partial charge in [-0.1, -0.05) is 31.0 Å². The molecule has 1 aliphatic carbocycles. The number of nitrogens with one attached hydrogen (secondary N) is 1. The van der Waals surface area contributed by atoms with E-state index in [0.29, 0.717) is 23.1 Å². The van der Waals surface area contributed by atoms with E-state index < -0.39 is 0 Å². The number of halogens is 1. The highest BCUT2D eigenvalue weighted by Gasteiger charge is 2.15. The number of aromatic nitrogens is 1. The summed E-state index contributed by atoms with van der Waals surface area (Å²) in [7, 11) is 0. The minimum absolute atomic E-state index is 0.317. The van der Waals surface area contributed by atoms with Crippen molar-refractivity contribution < 1.29 is 8.81 Å². The van der Waals surface area contributed by atoms with Crippen molar-refractivity contribution in [1.29, 1.82) is 0 Å². The summed E-state index contributed by atoms with van der Waals surface area (Å²) in [5, 5.41) is 3.59. The predicted molar refractivity (Wildman–Crippen MR) is 88.5 cm³/mol. The van der Waals surface area contributed by atoms with Gasteiger partial charge in [-0.25, -0.2) is 9.37 Å². The SMILES string of the molecule is Fc1ccccc1-c1nc2cc(CNC3CCCC3)ccc2o1. The van der Waals surface area contributed by atoms with E-state index in [1.807, 2.05) is 18.2 Å². The average Bonchev–Trinajstić information content (AvgIpc) is 3.22. The monoisotopic (exact) mass is 310 g/mol. The van der Waals surface area contributed by atoms with Crippen molar-refractivity contribution in [2.75, 3.05) is 0 Å². The van der Waals surface area contributed by atoms with Crippen LogP contribution in [0.5, 0.6) is 0 Å². The van der Waals surface area contributed by atoms with Gasteiger partial charge >= 0.3 is 0 Å². The second-order valence-electron chi connectivity index (χ2n) is 6.16. The standard InChI is InChI=1S/C19H19FN2O/c20-16-8-4-3-7-15(16)19-22-17-11-13(9-10-18(17)23-19)12-21-14-5-1-2-6-14/h3-4,7-11,14,21H,1-2,5-6,12H2. The van der Waals surface area contributed by atoms with Crippen molar-refractivity contribution in [2.45, 2.75) is 38.3 Å². The maximum atomic E-state index is 13.9. The van der Waals surface area contributed by atoms with Crippen molar-refractivity contribution in [3.63, 3.8) is 0 Å². The van der Waals surface area contributed by atoms with Crippen molar-refractivity contribution in [2.24, 2.45) is 0 Å². The highest BCUT2D eigenvalue weighted by molar-refractivity contribution is 5.77. The number of oxazole rings is 1. The summed E-state index contributed by atoms with van der Waals surface area (Å²) in [6.07, 6.45) is 5.19. The molecule has 1 heterocycles.